The van der Waals surface area contributed by atoms with Crippen molar-refractivity contribution in [3.8, 4) is 68.8 Å². The number of fused-ring (bicyclic) bond motifs is 14. The summed E-state index contributed by atoms with van der Waals surface area (Å²) in [4.78, 5) is 16.3. The van der Waals surface area contributed by atoms with E-state index in [1.807, 2.05) is 95.5 Å². The Morgan fingerprint density at radius 2 is 0.838 bits per heavy atom. The first-order chi connectivity index (χ1) is 36.6. The average molecular weight is 978 g/mol. The van der Waals surface area contributed by atoms with Crippen LogP contribution in [0.15, 0.2) is 212 Å². The molecule has 0 saturated heterocycles. The quantitative estimate of drug-likeness (QED) is 0.165. The van der Waals surface area contributed by atoms with Crippen molar-refractivity contribution in [3.05, 3.63) is 223 Å². The van der Waals surface area contributed by atoms with Gasteiger partial charge in [-0.2, -0.15) is 10.5 Å². The molecule has 342 valence electrons. The van der Waals surface area contributed by atoms with Crippen molar-refractivity contribution >= 4 is 107 Å². The molecule has 0 bridgehead atoms. The summed E-state index contributed by atoms with van der Waals surface area (Å²) in [5, 5.41) is 29.9. The van der Waals surface area contributed by atoms with Gasteiger partial charge in [0, 0.05) is 78.6 Å². The lowest BCUT2D eigenvalue weighted by Gasteiger charge is -2.18. The Kier molecular flexibility index (Phi) is 9.29. The van der Waals surface area contributed by atoms with Gasteiger partial charge in [-0.25, -0.2) is 15.0 Å². The van der Waals surface area contributed by atoms with Crippen LogP contribution >= 0.6 is 22.7 Å². The molecule has 0 N–H and O–H groups in total. The van der Waals surface area contributed by atoms with Crippen molar-refractivity contribution in [2.45, 2.75) is 0 Å². The van der Waals surface area contributed by atoms with E-state index in [9.17, 15) is 10.5 Å². The van der Waals surface area contributed by atoms with Crippen LogP contribution in [0.5, 0.6) is 0 Å². The molecule has 15 rings (SSSR count). The van der Waals surface area contributed by atoms with Gasteiger partial charge in [-0.1, -0.05) is 133 Å². The fourth-order valence-electron chi connectivity index (χ4n) is 11.1. The summed E-state index contributed by atoms with van der Waals surface area (Å²) in [6.07, 6.45) is 0. The monoisotopic (exact) mass is 977 g/mol. The Labute approximate surface area is 431 Å². The molecule has 0 saturated carbocycles. The number of aromatic nitrogens is 5. The Morgan fingerprint density at radius 3 is 1.45 bits per heavy atom. The van der Waals surface area contributed by atoms with E-state index in [4.69, 9.17) is 15.0 Å². The van der Waals surface area contributed by atoms with Gasteiger partial charge in [-0.15, -0.1) is 22.7 Å². The minimum atomic E-state index is 0.436. The van der Waals surface area contributed by atoms with Gasteiger partial charge in [-0.3, -0.25) is 0 Å². The van der Waals surface area contributed by atoms with Gasteiger partial charge in [0.15, 0.2) is 17.5 Å². The maximum atomic E-state index is 10.6. The first-order valence-corrected chi connectivity index (χ1v) is 25.9. The molecule has 7 nitrogen and oxygen atoms in total. The first kappa shape index (κ1) is 42.0. The summed E-state index contributed by atoms with van der Waals surface area (Å²) in [5.74, 6) is 1.42. The van der Waals surface area contributed by atoms with Gasteiger partial charge in [0.25, 0.3) is 0 Å². The summed E-state index contributed by atoms with van der Waals surface area (Å²) in [6, 6.07) is 78.2. The molecular formula is C65H35N7S2. The third kappa shape index (κ3) is 6.31. The number of nitriles is 2. The van der Waals surface area contributed by atoms with Crippen molar-refractivity contribution in [2.24, 2.45) is 0 Å². The van der Waals surface area contributed by atoms with Gasteiger partial charge in [0.05, 0.1) is 56.7 Å². The second-order valence-corrected chi connectivity index (χ2v) is 20.6. The summed E-state index contributed by atoms with van der Waals surface area (Å²) < 4.78 is 9.63. The van der Waals surface area contributed by atoms with Crippen LogP contribution in [0.25, 0.3) is 141 Å². The van der Waals surface area contributed by atoms with Crippen LogP contribution in [0.1, 0.15) is 11.1 Å². The third-order valence-electron chi connectivity index (χ3n) is 14.5. The van der Waals surface area contributed by atoms with Crippen molar-refractivity contribution in [1.82, 2.24) is 24.1 Å². The highest BCUT2D eigenvalue weighted by Crippen LogP contribution is 2.47. The minimum absolute atomic E-state index is 0.436. The number of benzene rings is 10. The molecule has 9 heteroatoms. The molecule has 0 aliphatic heterocycles. The topological polar surface area (TPSA) is 96.1 Å². The van der Waals surface area contributed by atoms with Gasteiger partial charge < -0.3 is 9.13 Å². The van der Waals surface area contributed by atoms with Crippen LogP contribution in [-0.4, -0.2) is 24.1 Å². The molecule has 0 aliphatic carbocycles. The van der Waals surface area contributed by atoms with Crippen LogP contribution in [0, 0.1) is 22.7 Å². The molecule has 0 spiro atoms. The van der Waals surface area contributed by atoms with E-state index in [2.05, 4.69) is 161 Å². The number of hydrogen-bond acceptors (Lipinski definition) is 7. The Bertz CT molecular complexity index is 4930. The van der Waals surface area contributed by atoms with E-state index in [1.54, 1.807) is 0 Å². The van der Waals surface area contributed by atoms with Crippen LogP contribution in [0.4, 0.5) is 0 Å². The third-order valence-corrected chi connectivity index (χ3v) is 16.9. The maximum absolute atomic E-state index is 10.6. The standard InChI is InChI=1S/C65H35N7S2/c66-36-38-22-25-40(26-23-38)42-27-28-49(56(35-42)72-52-19-9-5-17-48(52)60-55(72)33-30-46-44-15-7-11-21-58(44)74-62(46)60)64-68-63(41-12-2-1-3-13-41)69-65(70-64)50-34-39(37-67)24-31-53(50)71-51-18-8-4-16-47(51)59-54(71)32-29-45-43-14-6-10-20-57(43)73-61(45)59/h1-35H. The summed E-state index contributed by atoms with van der Waals surface area (Å²) in [6.45, 7) is 0. The first-order valence-electron chi connectivity index (χ1n) is 24.3. The van der Waals surface area contributed by atoms with Crippen molar-refractivity contribution in [3.63, 3.8) is 0 Å². The van der Waals surface area contributed by atoms with Gasteiger partial charge in [0.1, 0.15) is 0 Å². The molecule has 5 aromatic heterocycles. The van der Waals surface area contributed by atoms with E-state index in [0.717, 1.165) is 66.5 Å². The minimum Gasteiger partial charge on any atom is -0.308 e. The summed E-state index contributed by atoms with van der Waals surface area (Å²) >= 11 is 3.65. The van der Waals surface area contributed by atoms with E-state index < -0.39 is 0 Å². The molecule has 0 fully saturated rings. The molecule has 5 heterocycles. The molecule has 0 unspecified atom stereocenters. The Hall–Kier alpha value is -9.77. The molecular weight excluding hydrogens is 943 g/mol. The molecule has 0 aliphatic rings. The number of para-hydroxylation sites is 2. The Balaban J connectivity index is 1.02. The maximum Gasteiger partial charge on any atom is 0.166 e. The zero-order chi connectivity index (χ0) is 49.0. The smallest absolute Gasteiger partial charge is 0.166 e. The Morgan fingerprint density at radius 1 is 0.338 bits per heavy atom. The van der Waals surface area contributed by atoms with Gasteiger partial charge >= 0.3 is 0 Å². The van der Waals surface area contributed by atoms with Crippen LogP contribution in [-0.2, 0) is 0 Å². The number of rotatable bonds is 6. The summed E-state index contributed by atoms with van der Waals surface area (Å²) in [5.41, 5.74) is 11.3. The zero-order valence-electron chi connectivity index (χ0n) is 39.2. The zero-order valence-corrected chi connectivity index (χ0v) is 40.8. The number of hydrogen-bond donors (Lipinski definition) is 0. The van der Waals surface area contributed by atoms with Crippen molar-refractivity contribution in [1.29, 1.82) is 10.5 Å². The molecule has 74 heavy (non-hydrogen) atoms. The van der Waals surface area contributed by atoms with Gasteiger partial charge in [-0.05, 0) is 90.0 Å². The predicted molar refractivity (Wildman–Crippen MR) is 305 cm³/mol. The normalized spacial score (nSPS) is 11.8. The lowest BCUT2D eigenvalue weighted by molar-refractivity contribution is 1.06. The molecule has 0 amide bonds. The predicted octanol–water partition coefficient (Wildman–Crippen LogP) is 17.2. The fourth-order valence-corrected chi connectivity index (χ4v) is 13.6. The second kappa shape index (κ2) is 16.4. The van der Waals surface area contributed by atoms with Crippen molar-refractivity contribution in [2.75, 3.05) is 0 Å². The fraction of sp³-hybridized carbons (Fsp3) is 0. The lowest BCUT2D eigenvalue weighted by Crippen LogP contribution is -2.06. The highest BCUT2D eigenvalue weighted by molar-refractivity contribution is 7.27. The van der Waals surface area contributed by atoms with Crippen LogP contribution < -0.4 is 0 Å². The molecule has 0 atom stereocenters. The number of nitrogens with zero attached hydrogens (tertiary/aromatic N) is 7. The van der Waals surface area contributed by atoms with Crippen LogP contribution in [0.2, 0.25) is 0 Å². The van der Waals surface area contributed by atoms with Crippen LogP contribution in [0.3, 0.4) is 0 Å². The van der Waals surface area contributed by atoms with E-state index >= 15 is 0 Å². The highest BCUT2D eigenvalue weighted by Gasteiger charge is 2.25. The van der Waals surface area contributed by atoms with E-state index in [1.165, 1.54) is 51.1 Å². The molecule has 0 radical (unpaired) electrons. The largest absolute Gasteiger partial charge is 0.308 e. The highest BCUT2D eigenvalue weighted by atomic mass is 32.1. The average Bonchev–Trinajstić information content (AvgIpc) is 4.27. The SMILES string of the molecule is N#Cc1ccc(-c2ccc(-c3nc(-c4ccccc4)nc(-c4cc(C#N)ccc4-n4c5ccccc5c5c6sc7ccccc7c6ccc54)n3)c(-n3c4ccccc4c4c5sc6ccccc6c5ccc43)c2)cc1. The molecule has 15 aromatic rings. The van der Waals surface area contributed by atoms with E-state index in [-0.39, 0.29) is 0 Å². The van der Waals surface area contributed by atoms with Crippen molar-refractivity contribution < 1.29 is 0 Å². The summed E-state index contributed by atoms with van der Waals surface area (Å²) in [7, 11) is 0. The van der Waals surface area contributed by atoms with E-state index in [0.29, 0.717) is 34.2 Å². The van der Waals surface area contributed by atoms with Gasteiger partial charge in [0.2, 0.25) is 0 Å². The lowest BCUT2D eigenvalue weighted by atomic mass is 10.00. The number of thiophene rings is 2. The second-order valence-electron chi connectivity index (χ2n) is 18.5. The molecule has 10 aromatic carbocycles.